The van der Waals surface area contributed by atoms with Gasteiger partial charge in [-0.15, -0.1) is 0 Å². The highest BCUT2D eigenvalue weighted by molar-refractivity contribution is 9.10. The third-order valence-electron chi connectivity index (χ3n) is 2.38. The predicted octanol–water partition coefficient (Wildman–Crippen LogP) is 1.84. The van der Waals surface area contributed by atoms with Gasteiger partial charge >= 0.3 is 0 Å². The SMILES string of the molecule is Cc1c(C(=O)NN)[nH]c2ccc(Br)cc12. The van der Waals surface area contributed by atoms with Crippen molar-refractivity contribution >= 4 is 32.7 Å². The Labute approximate surface area is 94.9 Å². The standard InChI is InChI=1S/C10H10BrN3O/c1-5-7-4-6(11)2-3-8(7)13-9(5)10(15)14-12/h2-4,13H,12H2,1H3,(H,14,15). The summed E-state index contributed by atoms with van der Waals surface area (Å²) in [5.41, 5.74) is 4.44. The molecule has 0 spiro atoms. The number of benzene rings is 1. The Hall–Kier alpha value is -1.33. The molecule has 2 aromatic rings. The number of aromatic amines is 1. The summed E-state index contributed by atoms with van der Waals surface area (Å²) >= 11 is 3.39. The number of nitrogens with one attached hydrogen (secondary N) is 2. The zero-order valence-electron chi connectivity index (χ0n) is 8.10. The van der Waals surface area contributed by atoms with Crippen molar-refractivity contribution < 1.29 is 4.79 Å². The third-order valence-corrected chi connectivity index (χ3v) is 2.87. The van der Waals surface area contributed by atoms with Gasteiger partial charge in [-0.3, -0.25) is 10.2 Å². The zero-order chi connectivity index (χ0) is 11.0. The number of carbonyl (C=O) groups is 1. The highest BCUT2D eigenvalue weighted by atomic mass is 79.9. The van der Waals surface area contributed by atoms with Crippen LogP contribution in [0.1, 0.15) is 16.1 Å². The predicted molar refractivity (Wildman–Crippen MR) is 62.4 cm³/mol. The summed E-state index contributed by atoms with van der Waals surface area (Å²) < 4.78 is 0.983. The van der Waals surface area contributed by atoms with E-state index in [4.69, 9.17) is 5.84 Å². The van der Waals surface area contributed by atoms with Crippen molar-refractivity contribution in [3.8, 4) is 0 Å². The van der Waals surface area contributed by atoms with Crippen LogP contribution in [0.15, 0.2) is 22.7 Å². The van der Waals surface area contributed by atoms with Gasteiger partial charge in [0.15, 0.2) is 0 Å². The second kappa shape index (κ2) is 3.67. The Morgan fingerprint density at radius 2 is 2.27 bits per heavy atom. The molecular weight excluding hydrogens is 258 g/mol. The fourth-order valence-electron chi connectivity index (χ4n) is 1.60. The Morgan fingerprint density at radius 1 is 1.53 bits per heavy atom. The normalized spacial score (nSPS) is 10.6. The van der Waals surface area contributed by atoms with Crippen LogP contribution in [0.3, 0.4) is 0 Å². The van der Waals surface area contributed by atoms with Gasteiger partial charge in [0, 0.05) is 15.4 Å². The van der Waals surface area contributed by atoms with Gasteiger partial charge in [0.1, 0.15) is 5.69 Å². The Kier molecular flexibility index (Phi) is 2.50. The molecule has 0 radical (unpaired) electrons. The molecule has 4 N–H and O–H groups in total. The van der Waals surface area contributed by atoms with Crippen LogP contribution in [0.25, 0.3) is 10.9 Å². The van der Waals surface area contributed by atoms with E-state index in [1.165, 1.54) is 0 Å². The highest BCUT2D eigenvalue weighted by Gasteiger charge is 2.13. The molecule has 0 bridgehead atoms. The van der Waals surface area contributed by atoms with Crippen LogP contribution in [-0.4, -0.2) is 10.9 Å². The van der Waals surface area contributed by atoms with E-state index in [0.717, 1.165) is 20.9 Å². The lowest BCUT2D eigenvalue weighted by molar-refractivity contribution is 0.0949. The van der Waals surface area contributed by atoms with Gasteiger partial charge < -0.3 is 4.98 Å². The molecule has 0 saturated carbocycles. The minimum absolute atomic E-state index is 0.306. The first-order chi connectivity index (χ1) is 7.13. The summed E-state index contributed by atoms with van der Waals surface area (Å²) in [5, 5.41) is 1.02. The van der Waals surface area contributed by atoms with Gasteiger partial charge in [-0.05, 0) is 30.7 Å². The lowest BCUT2D eigenvalue weighted by atomic mass is 10.1. The minimum Gasteiger partial charge on any atom is -0.350 e. The van der Waals surface area contributed by atoms with E-state index in [-0.39, 0.29) is 5.91 Å². The second-order valence-corrected chi connectivity index (χ2v) is 4.20. The molecule has 78 valence electrons. The number of hydrogen-bond donors (Lipinski definition) is 3. The number of nitrogen functional groups attached to an aromatic ring is 1. The van der Waals surface area contributed by atoms with Gasteiger partial charge in [-0.1, -0.05) is 15.9 Å². The quantitative estimate of drug-likeness (QED) is 0.419. The zero-order valence-corrected chi connectivity index (χ0v) is 9.68. The largest absolute Gasteiger partial charge is 0.350 e. The molecule has 0 aliphatic heterocycles. The fraction of sp³-hybridized carbons (Fsp3) is 0.100. The monoisotopic (exact) mass is 267 g/mol. The van der Waals surface area contributed by atoms with Gasteiger partial charge in [-0.25, -0.2) is 5.84 Å². The molecular formula is C10H10BrN3O. The van der Waals surface area contributed by atoms with Crippen molar-refractivity contribution in [3.63, 3.8) is 0 Å². The molecule has 2 rings (SSSR count). The molecule has 15 heavy (non-hydrogen) atoms. The van der Waals surface area contributed by atoms with Gasteiger partial charge in [0.25, 0.3) is 5.91 Å². The van der Waals surface area contributed by atoms with Gasteiger partial charge in [0.05, 0.1) is 0 Å². The van der Waals surface area contributed by atoms with Crippen molar-refractivity contribution in [2.75, 3.05) is 0 Å². The molecule has 0 unspecified atom stereocenters. The average Bonchev–Trinajstić information content (AvgIpc) is 2.55. The second-order valence-electron chi connectivity index (χ2n) is 3.29. The number of H-pyrrole nitrogens is 1. The number of rotatable bonds is 1. The van der Waals surface area contributed by atoms with Crippen molar-refractivity contribution in [2.45, 2.75) is 6.92 Å². The number of fused-ring (bicyclic) bond motifs is 1. The lowest BCUT2D eigenvalue weighted by Crippen LogP contribution is -2.30. The van der Waals surface area contributed by atoms with Crippen LogP contribution in [-0.2, 0) is 0 Å². The van der Waals surface area contributed by atoms with Crippen molar-refractivity contribution in [3.05, 3.63) is 33.9 Å². The lowest BCUT2D eigenvalue weighted by Gasteiger charge is -1.96. The molecule has 0 atom stereocenters. The Bertz CT molecular complexity index is 533. The molecule has 0 fully saturated rings. The number of aryl methyl sites for hydroxylation is 1. The van der Waals surface area contributed by atoms with Crippen molar-refractivity contribution in [2.24, 2.45) is 5.84 Å². The summed E-state index contributed by atoms with van der Waals surface area (Å²) in [5.74, 6) is 4.79. The van der Waals surface area contributed by atoms with Crippen LogP contribution in [0, 0.1) is 6.92 Å². The van der Waals surface area contributed by atoms with Crippen LogP contribution < -0.4 is 11.3 Å². The molecule has 1 aromatic carbocycles. The number of hydrazine groups is 1. The average molecular weight is 268 g/mol. The summed E-state index contributed by atoms with van der Waals surface area (Å²) in [7, 11) is 0. The molecule has 1 aromatic heterocycles. The maximum atomic E-state index is 11.4. The Balaban J connectivity index is 2.69. The summed E-state index contributed by atoms with van der Waals surface area (Å²) in [6, 6.07) is 5.80. The highest BCUT2D eigenvalue weighted by Crippen LogP contribution is 2.24. The maximum Gasteiger partial charge on any atom is 0.281 e. The first-order valence-corrected chi connectivity index (χ1v) is 5.21. The topological polar surface area (TPSA) is 70.9 Å². The van der Waals surface area contributed by atoms with Crippen LogP contribution in [0.2, 0.25) is 0 Å². The number of carbonyl (C=O) groups excluding carboxylic acids is 1. The number of hydrogen-bond acceptors (Lipinski definition) is 2. The van der Waals surface area contributed by atoms with E-state index in [1.54, 1.807) is 0 Å². The first-order valence-electron chi connectivity index (χ1n) is 4.42. The summed E-state index contributed by atoms with van der Waals surface area (Å²) in [4.78, 5) is 14.4. The molecule has 5 heteroatoms. The minimum atomic E-state index is -0.306. The van der Waals surface area contributed by atoms with E-state index in [1.807, 2.05) is 25.1 Å². The van der Waals surface area contributed by atoms with Crippen LogP contribution in [0.5, 0.6) is 0 Å². The first kappa shape index (κ1) is 10.2. The van der Waals surface area contributed by atoms with Gasteiger partial charge in [-0.2, -0.15) is 0 Å². The van der Waals surface area contributed by atoms with Crippen LogP contribution >= 0.6 is 15.9 Å². The van der Waals surface area contributed by atoms with Crippen LogP contribution in [0.4, 0.5) is 0 Å². The number of amides is 1. The molecule has 0 saturated heterocycles. The molecule has 1 heterocycles. The summed E-state index contributed by atoms with van der Waals surface area (Å²) in [6.45, 7) is 1.88. The number of aromatic nitrogens is 1. The van der Waals surface area contributed by atoms with E-state index in [2.05, 4.69) is 26.3 Å². The Morgan fingerprint density at radius 3 is 2.93 bits per heavy atom. The maximum absolute atomic E-state index is 11.4. The van der Waals surface area contributed by atoms with Crippen molar-refractivity contribution in [1.82, 2.24) is 10.4 Å². The summed E-state index contributed by atoms with van der Waals surface area (Å²) in [6.07, 6.45) is 0. The van der Waals surface area contributed by atoms with E-state index < -0.39 is 0 Å². The molecule has 4 nitrogen and oxygen atoms in total. The number of nitrogens with two attached hydrogens (primary N) is 1. The smallest absolute Gasteiger partial charge is 0.281 e. The number of halogens is 1. The van der Waals surface area contributed by atoms with Gasteiger partial charge in [0.2, 0.25) is 0 Å². The molecule has 1 amide bonds. The molecule has 0 aliphatic rings. The van der Waals surface area contributed by atoms with E-state index in [9.17, 15) is 4.79 Å². The third kappa shape index (κ3) is 1.64. The van der Waals surface area contributed by atoms with E-state index in [0.29, 0.717) is 5.69 Å². The van der Waals surface area contributed by atoms with E-state index >= 15 is 0 Å². The molecule has 0 aliphatic carbocycles. The fourth-order valence-corrected chi connectivity index (χ4v) is 1.96. The van der Waals surface area contributed by atoms with Crippen molar-refractivity contribution in [1.29, 1.82) is 0 Å².